The summed E-state index contributed by atoms with van der Waals surface area (Å²) in [6.07, 6.45) is 3.62. The van der Waals surface area contributed by atoms with Gasteiger partial charge in [-0.25, -0.2) is 9.37 Å². The lowest BCUT2D eigenvalue weighted by molar-refractivity contribution is 0.527. The Morgan fingerprint density at radius 3 is 2.83 bits per heavy atom. The number of nitrogens with zero attached hydrogens (tertiary/aromatic N) is 2. The first-order valence-electron chi connectivity index (χ1n) is 6.10. The number of halogens is 1. The fourth-order valence-electron chi connectivity index (χ4n) is 1.82. The molecule has 0 spiro atoms. The van der Waals surface area contributed by atoms with Crippen molar-refractivity contribution < 1.29 is 4.39 Å². The minimum Gasteiger partial charge on any atom is -0.323 e. The summed E-state index contributed by atoms with van der Waals surface area (Å²) in [5, 5.41) is 3.03. The molecule has 0 fully saturated rings. The number of anilines is 2. The maximum absolute atomic E-state index is 13.7. The molecular weight excluding hydrogens is 229 g/mol. The van der Waals surface area contributed by atoms with Gasteiger partial charge in [-0.05, 0) is 30.5 Å². The highest BCUT2D eigenvalue weighted by molar-refractivity contribution is 5.55. The Hall–Kier alpha value is -1.84. The van der Waals surface area contributed by atoms with Crippen LogP contribution < -0.4 is 5.32 Å². The van der Waals surface area contributed by atoms with Crippen molar-refractivity contribution in [3.63, 3.8) is 0 Å². The molecule has 1 aromatic heterocycles. The van der Waals surface area contributed by atoms with Gasteiger partial charge in [-0.1, -0.05) is 19.9 Å². The van der Waals surface area contributed by atoms with Gasteiger partial charge in [0.1, 0.15) is 5.82 Å². The van der Waals surface area contributed by atoms with Crippen LogP contribution >= 0.6 is 0 Å². The predicted octanol–water partition coefficient (Wildman–Crippen LogP) is 3.73. The lowest BCUT2D eigenvalue weighted by Gasteiger charge is -2.12. The van der Waals surface area contributed by atoms with Gasteiger partial charge in [0.05, 0.1) is 5.69 Å². The number of benzene rings is 1. The Balaban J connectivity index is 2.21. The third-order valence-electron chi connectivity index (χ3n) is 2.65. The summed E-state index contributed by atoms with van der Waals surface area (Å²) >= 11 is 0. The molecule has 0 unspecified atom stereocenters. The number of hydrogen-bond acceptors (Lipinski definition) is 2. The SMILES string of the molecule is Cc1ccc(Nc2nccn2CC(C)C)c(F)c1. The largest absolute Gasteiger partial charge is 0.323 e. The van der Waals surface area contributed by atoms with Crippen LogP contribution in [-0.4, -0.2) is 9.55 Å². The maximum Gasteiger partial charge on any atom is 0.207 e. The van der Waals surface area contributed by atoms with E-state index in [1.165, 1.54) is 6.07 Å². The maximum atomic E-state index is 13.7. The first-order chi connectivity index (χ1) is 8.56. The molecule has 1 heterocycles. The lowest BCUT2D eigenvalue weighted by Crippen LogP contribution is -2.08. The Labute approximate surface area is 107 Å². The number of aromatic nitrogens is 2. The van der Waals surface area contributed by atoms with Gasteiger partial charge in [0.2, 0.25) is 5.95 Å². The molecule has 2 rings (SSSR count). The first kappa shape index (κ1) is 12.6. The van der Waals surface area contributed by atoms with Gasteiger partial charge in [-0.15, -0.1) is 0 Å². The van der Waals surface area contributed by atoms with Gasteiger partial charge in [0.15, 0.2) is 0 Å². The number of aryl methyl sites for hydroxylation is 1. The second kappa shape index (κ2) is 5.21. The van der Waals surface area contributed by atoms with E-state index in [4.69, 9.17) is 0 Å². The number of rotatable bonds is 4. The van der Waals surface area contributed by atoms with Crippen LogP contribution in [0.25, 0.3) is 0 Å². The summed E-state index contributed by atoms with van der Waals surface area (Å²) in [4.78, 5) is 4.21. The molecule has 0 aliphatic carbocycles. The van der Waals surface area contributed by atoms with Crippen LogP contribution in [0.3, 0.4) is 0 Å². The van der Waals surface area contributed by atoms with Gasteiger partial charge in [-0.2, -0.15) is 0 Å². The molecule has 0 amide bonds. The normalized spacial score (nSPS) is 10.9. The van der Waals surface area contributed by atoms with Crippen molar-refractivity contribution >= 4 is 11.6 Å². The van der Waals surface area contributed by atoms with Crippen LogP contribution in [0.2, 0.25) is 0 Å². The van der Waals surface area contributed by atoms with Crippen molar-refractivity contribution in [2.45, 2.75) is 27.3 Å². The quantitative estimate of drug-likeness (QED) is 0.892. The van der Waals surface area contributed by atoms with E-state index in [1.807, 2.05) is 23.8 Å². The molecule has 3 nitrogen and oxygen atoms in total. The second-order valence-electron chi connectivity index (χ2n) is 4.91. The topological polar surface area (TPSA) is 29.9 Å². The zero-order chi connectivity index (χ0) is 13.1. The highest BCUT2D eigenvalue weighted by Gasteiger charge is 2.07. The molecule has 18 heavy (non-hydrogen) atoms. The molecule has 1 aromatic carbocycles. The molecular formula is C14H18FN3. The molecule has 0 radical (unpaired) electrons. The van der Waals surface area contributed by atoms with Crippen LogP contribution in [-0.2, 0) is 6.54 Å². The van der Waals surface area contributed by atoms with E-state index < -0.39 is 0 Å². The zero-order valence-corrected chi connectivity index (χ0v) is 10.9. The molecule has 0 saturated heterocycles. The van der Waals surface area contributed by atoms with Crippen LogP contribution in [0.5, 0.6) is 0 Å². The van der Waals surface area contributed by atoms with E-state index >= 15 is 0 Å². The number of imidazole rings is 1. The van der Waals surface area contributed by atoms with Crippen LogP contribution in [0, 0.1) is 18.7 Å². The summed E-state index contributed by atoms with van der Waals surface area (Å²) in [6, 6.07) is 5.12. The second-order valence-corrected chi connectivity index (χ2v) is 4.91. The fraction of sp³-hybridized carbons (Fsp3) is 0.357. The van der Waals surface area contributed by atoms with Gasteiger partial charge >= 0.3 is 0 Å². The lowest BCUT2D eigenvalue weighted by atomic mass is 10.2. The van der Waals surface area contributed by atoms with Gasteiger partial charge in [0.25, 0.3) is 0 Å². The van der Waals surface area contributed by atoms with E-state index in [0.717, 1.165) is 12.1 Å². The van der Waals surface area contributed by atoms with Crippen molar-refractivity contribution in [3.05, 3.63) is 42.0 Å². The minimum atomic E-state index is -0.255. The predicted molar refractivity (Wildman–Crippen MR) is 71.5 cm³/mol. The third-order valence-corrected chi connectivity index (χ3v) is 2.65. The molecule has 96 valence electrons. The number of hydrogen-bond donors (Lipinski definition) is 1. The first-order valence-corrected chi connectivity index (χ1v) is 6.10. The van der Waals surface area contributed by atoms with Crippen LogP contribution in [0.4, 0.5) is 16.0 Å². The number of nitrogens with one attached hydrogen (secondary N) is 1. The standard InChI is InChI=1S/C14H18FN3/c1-10(2)9-18-7-6-16-14(18)17-13-5-4-11(3)8-12(13)15/h4-8,10H,9H2,1-3H3,(H,16,17). The molecule has 0 saturated carbocycles. The van der Waals surface area contributed by atoms with Crippen molar-refractivity contribution in [2.24, 2.45) is 5.92 Å². The van der Waals surface area contributed by atoms with Gasteiger partial charge in [0, 0.05) is 18.9 Å². The van der Waals surface area contributed by atoms with Crippen LogP contribution in [0.15, 0.2) is 30.6 Å². The average Bonchev–Trinajstić information content (AvgIpc) is 2.69. The van der Waals surface area contributed by atoms with Crippen molar-refractivity contribution in [1.82, 2.24) is 9.55 Å². The molecule has 1 N–H and O–H groups in total. The fourth-order valence-corrected chi connectivity index (χ4v) is 1.82. The van der Waals surface area contributed by atoms with Crippen LogP contribution in [0.1, 0.15) is 19.4 Å². The molecule has 2 aromatic rings. The Kier molecular flexibility index (Phi) is 3.65. The highest BCUT2D eigenvalue weighted by atomic mass is 19.1. The molecule has 0 aliphatic rings. The summed E-state index contributed by atoms with van der Waals surface area (Å²) < 4.78 is 15.7. The van der Waals surface area contributed by atoms with Crippen molar-refractivity contribution in [2.75, 3.05) is 5.32 Å². The minimum absolute atomic E-state index is 0.255. The van der Waals surface area contributed by atoms with E-state index in [9.17, 15) is 4.39 Å². The van der Waals surface area contributed by atoms with Crippen molar-refractivity contribution in [3.8, 4) is 0 Å². The molecule has 0 bridgehead atoms. The molecule has 0 atom stereocenters. The zero-order valence-electron chi connectivity index (χ0n) is 10.9. The van der Waals surface area contributed by atoms with Crippen molar-refractivity contribution in [1.29, 1.82) is 0 Å². The monoisotopic (exact) mass is 247 g/mol. The summed E-state index contributed by atoms with van der Waals surface area (Å²) in [6.45, 7) is 6.99. The molecule has 4 heteroatoms. The van der Waals surface area contributed by atoms with Gasteiger partial charge in [-0.3, -0.25) is 0 Å². The van der Waals surface area contributed by atoms with E-state index in [0.29, 0.717) is 17.6 Å². The third kappa shape index (κ3) is 2.88. The summed E-state index contributed by atoms with van der Waals surface area (Å²) in [7, 11) is 0. The Bertz CT molecular complexity index is 532. The van der Waals surface area contributed by atoms with E-state index in [1.54, 1.807) is 12.3 Å². The van der Waals surface area contributed by atoms with Gasteiger partial charge < -0.3 is 9.88 Å². The summed E-state index contributed by atoms with van der Waals surface area (Å²) in [5.74, 6) is 0.933. The Morgan fingerprint density at radius 2 is 2.17 bits per heavy atom. The average molecular weight is 247 g/mol. The molecule has 0 aliphatic heterocycles. The van der Waals surface area contributed by atoms with E-state index in [-0.39, 0.29) is 5.82 Å². The van der Waals surface area contributed by atoms with E-state index in [2.05, 4.69) is 24.1 Å². The summed E-state index contributed by atoms with van der Waals surface area (Å²) in [5.41, 5.74) is 1.36. The highest BCUT2D eigenvalue weighted by Crippen LogP contribution is 2.20. The smallest absolute Gasteiger partial charge is 0.207 e. The Morgan fingerprint density at radius 1 is 1.39 bits per heavy atom.